The maximum atomic E-state index is 13.0. The molecule has 0 bridgehead atoms. The molecule has 0 saturated heterocycles. The van der Waals surface area contributed by atoms with Gasteiger partial charge in [0.25, 0.3) is 0 Å². The van der Waals surface area contributed by atoms with Gasteiger partial charge < -0.3 is 18.1 Å². The van der Waals surface area contributed by atoms with Crippen LogP contribution in [-0.4, -0.2) is 38.8 Å². The molecule has 0 atom stereocenters. The van der Waals surface area contributed by atoms with Crippen LogP contribution in [-0.2, 0) is 27.2 Å². The Hall–Kier alpha value is 0.300. The van der Waals surface area contributed by atoms with E-state index in [0.29, 0.717) is 26.4 Å². The average Bonchev–Trinajstić information content (AvgIpc) is 2.61. The zero-order valence-corrected chi connectivity index (χ0v) is 19.0. The summed E-state index contributed by atoms with van der Waals surface area (Å²) in [6.45, 7) is 9.73. The Morgan fingerprint density at radius 3 is 0.923 bits per heavy atom. The van der Waals surface area contributed by atoms with E-state index in [0.717, 1.165) is 51.4 Å². The zero-order valence-electron chi connectivity index (χ0n) is 17.2. The van der Waals surface area contributed by atoms with Gasteiger partial charge in [0.2, 0.25) is 0 Å². The van der Waals surface area contributed by atoms with E-state index >= 15 is 0 Å². The minimum atomic E-state index is -3.29. The summed E-state index contributed by atoms with van der Waals surface area (Å²) in [7, 11) is -6.57. The third-order valence-electron chi connectivity index (χ3n) is 3.79. The molecule has 26 heavy (non-hydrogen) atoms. The minimum absolute atomic E-state index is 0.0654. The third-order valence-corrected chi connectivity index (χ3v) is 7.99. The summed E-state index contributed by atoms with van der Waals surface area (Å²) in [6.07, 6.45) is 7.21. The molecule has 0 aromatic rings. The molecule has 0 radical (unpaired) electrons. The van der Waals surface area contributed by atoms with Crippen LogP contribution in [0.2, 0.25) is 0 Å². The molecule has 0 N–H and O–H groups in total. The predicted molar refractivity (Wildman–Crippen MR) is 108 cm³/mol. The summed E-state index contributed by atoms with van der Waals surface area (Å²) in [4.78, 5) is 0. The van der Waals surface area contributed by atoms with E-state index in [1.54, 1.807) is 0 Å². The summed E-state index contributed by atoms with van der Waals surface area (Å²) in [5.41, 5.74) is 0. The van der Waals surface area contributed by atoms with Crippen molar-refractivity contribution in [3.63, 3.8) is 0 Å². The number of hydrogen-bond acceptors (Lipinski definition) is 6. The van der Waals surface area contributed by atoms with Crippen LogP contribution in [0.5, 0.6) is 0 Å². The SMILES string of the molecule is CCCCOP(=O)(CCP(=O)(OCCCC)OCCCC)OCCCC. The van der Waals surface area contributed by atoms with Gasteiger partial charge >= 0.3 is 15.2 Å². The van der Waals surface area contributed by atoms with Crippen molar-refractivity contribution in [2.75, 3.05) is 38.8 Å². The Morgan fingerprint density at radius 2 is 0.731 bits per heavy atom. The predicted octanol–water partition coefficient (Wildman–Crippen LogP) is 6.64. The zero-order chi connectivity index (χ0) is 19.7. The molecule has 0 amide bonds. The van der Waals surface area contributed by atoms with Crippen molar-refractivity contribution < 1.29 is 27.2 Å². The average molecular weight is 414 g/mol. The highest BCUT2D eigenvalue weighted by molar-refractivity contribution is 7.58. The summed E-state index contributed by atoms with van der Waals surface area (Å²) < 4.78 is 48.2. The normalized spacial score (nSPS) is 12.6. The van der Waals surface area contributed by atoms with Crippen LogP contribution in [0, 0.1) is 0 Å². The van der Waals surface area contributed by atoms with E-state index in [2.05, 4.69) is 0 Å². The van der Waals surface area contributed by atoms with Crippen LogP contribution in [0.25, 0.3) is 0 Å². The summed E-state index contributed by atoms with van der Waals surface area (Å²) >= 11 is 0. The second kappa shape index (κ2) is 16.3. The van der Waals surface area contributed by atoms with Gasteiger partial charge in [-0.15, -0.1) is 0 Å². The lowest BCUT2D eigenvalue weighted by molar-refractivity contribution is 0.192. The molecule has 0 aliphatic rings. The third kappa shape index (κ3) is 13.5. The Balaban J connectivity index is 4.80. The molecule has 0 spiro atoms. The van der Waals surface area contributed by atoms with Gasteiger partial charge in [-0.05, 0) is 25.7 Å². The van der Waals surface area contributed by atoms with Crippen molar-refractivity contribution >= 4 is 15.2 Å². The lowest BCUT2D eigenvalue weighted by Gasteiger charge is -2.22. The second-order valence-electron chi connectivity index (χ2n) is 6.42. The minimum Gasteiger partial charge on any atom is -0.309 e. The molecule has 8 heteroatoms. The van der Waals surface area contributed by atoms with Gasteiger partial charge in [0.05, 0.1) is 38.8 Å². The first kappa shape index (κ1) is 26.3. The Bertz CT molecular complexity index is 350. The molecule has 0 rings (SSSR count). The van der Waals surface area contributed by atoms with Crippen LogP contribution in [0.1, 0.15) is 79.1 Å². The lowest BCUT2D eigenvalue weighted by atomic mass is 10.4. The molecular weight excluding hydrogens is 374 g/mol. The van der Waals surface area contributed by atoms with Crippen molar-refractivity contribution in [3.05, 3.63) is 0 Å². The van der Waals surface area contributed by atoms with Gasteiger partial charge in [0, 0.05) is 0 Å². The first-order valence-corrected chi connectivity index (χ1v) is 13.7. The van der Waals surface area contributed by atoms with E-state index in [-0.39, 0.29) is 12.3 Å². The van der Waals surface area contributed by atoms with E-state index in [9.17, 15) is 9.13 Å². The van der Waals surface area contributed by atoms with Crippen LogP contribution < -0.4 is 0 Å². The fraction of sp³-hybridized carbons (Fsp3) is 1.00. The number of rotatable bonds is 19. The Morgan fingerprint density at radius 1 is 0.500 bits per heavy atom. The van der Waals surface area contributed by atoms with Gasteiger partial charge in [-0.25, -0.2) is 0 Å². The van der Waals surface area contributed by atoms with Crippen molar-refractivity contribution in [2.24, 2.45) is 0 Å². The monoisotopic (exact) mass is 414 g/mol. The molecule has 0 fully saturated rings. The standard InChI is InChI=1S/C18H40O6P2/c1-5-9-13-21-25(19,22-14-10-6-2)17-18-26(20,23-15-11-7-3)24-16-12-8-4/h5-18H2,1-4H3. The fourth-order valence-corrected chi connectivity index (χ4v) is 6.22. The highest BCUT2D eigenvalue weighted by Gasteiger charge is 2.32. The van der Waals surface area contributed by atoms with Crippen LogP contribution >= 0.6 is 15.2 Å². The van der Waals surface area contributed by atoms with Crippen molar-refractivity contribution in [1.82, 2.24) is 0 Å². The number of unbranched alkanes of at least 4 members (excludes halogenated alkanes) is 4. The largest absolute Gasteiger partial charge is 0.331 e. The van der Waals surface area contributed by atoms with E-state index in [1.165, 1.54) is 0 Å². The highest BCUT2D eigenvalue weighted by Crippen LogP contribution is 2.56. The molecule has 6 nitrogen and oxygen atoms in total. The van der Waals surface area contributed by atoms with E-state index < -0.39 is 15.2 Å². The molecule has 0 aliphatic carbocycles. The van der Waals surface area contributed by atoms with E-state index in [4.69, 9.17) is 18.1 Å². The topological polar surface area (TPSA) is 71.1 Å². The maximum absolute atomic E-state index is 13.0. The number of hydrogen-bond donors (Lipinski definition) is 0. The van der Waals surface area contributed by atoms with Crippen LogP contribution in [0.3, 0.4) is 0 Å². The first-order valence-electron chi connectivity index (χ1n) is 10.2. The molecule has 0 saturated carbocycles. The molecule has 0 unspecified atom stereocenters. The van der Waals surface area contributed by atoms with Crippen LogP contribution in [0.4, 0.5) is 0 Å². The van der Waals surface area contributed by atoms with Crippen molar-refractivity contribution in [3.8, 4) is 0 Å². The molecule has 0 aliphatic heterocycles. The van der Waals surface area contributed by atoms with Gasteiger partial charge in [-0.3, -0.25) is 9.13 Å². The second-order valence-corrected chi connectivity index (χ2v) is 10.8. The highest BCUT2D eigenvalue weighted by atomic mass is 31.2. The quantitative estimate of drug-likeness (QED) is 0.174. The van der Waals surface area contributed by atoms with Crippen molar-refractivity contribution in [2.45, 2.75) is 79.1 Å². The molecule has 0 aromatic heterocycles. The van der Waals surface area contributed by atoms with Gasteiger partial charge in [-0.2, -0.15) is 0 Å². The maximum Gasteiger partial charge on any atom is 0.331 e. The summed E-state index contributed by atoms with van der Waals surface area (Å²) in [5, 5.41) is 0. The molecular formula is C18H40O6P2. The smallest absolute Gasteiger partial charge is 0.309 e. The van der Waals surface area contributed by atoms with Crippen LogP contribution in [0.15, 0.2) is 0 Å². The molecule has 0 aromatic carbocycles. The molecule has 158 valence electrons. The lowest BCUT2D eigenvalue weighted by Crippen LogP contribution is -2.10. The summed E-state index contributed by atoms with van der Waals surface area (Å²) in [5.74, 6) is 0. The Labute approximate surface area is 160 Å². The molecule has 0 heterocycles. The summed E-state index contributed by atoms with van der Waals surface area (Å²) in [6, 6.07) is 0. The van der Waals surface area contributed by atoms with E-state index in [1.807, 2.05) is 27.7 Å². The Kier molecular flexibility index (Phi) is 16.5. The van der Waals surface area contributed by atoms with Gasteiger partial charge in [-0.1, -0.05) is 53.4 Å². The first-order chi connectivity index (χ1) is 12.4. The van der Waals surface area contributed by atoms with Crippen molar-refractivity contribution in [1.29, 1.82) is 0 Å². The van der Waals surface area contributed by atoms with Gasteiger partial charge in [0.15, 0.2) is 0 Å². The fourth-order valence-electron chi connectivity index (χ4n) is 1.97. The van der Waals surface area contributed by atoms with Gasteiger partial charge in [0.1, 0.15) is 0 Å².